The van der Waals surface area contributed by atoms with Crippen molar-refractivity contribution in [3.8, 4) is 5.75 Å². The summed E-state index contributed by atoms with van der Waals surface area (Å²) in [5.74, 6) is 0.435. The molecule has 0 radical (unpaired) electrons. The molecule has 2 aromatic carbocycles. The lowest BCUT2D eigenvalue weighted by molar-refractivity contribution is -0.137. The third-order valence-electron chi connectivity index (χ3n) is 5.38. The molecule has 0 aliphatic carbocycles. The summed E-state index contributed by atoms with van der Waals surface area (Å²) < 4.78 is 44.4. The summed E-state index contributed by atoms with van der Waals surface area (Å²) in [5.41, 5.74) is 0.252. The molecule has 182 valence electrons. The molecule has 0 saturated carbocycles. The van der Waals surface area contributed by atoms with Crippen LogP contribution in [-0.2, 0) is 12.7 Å². The summed E-state index contributed by atoms with van der Waals surface area (Å²) in [7, 11) is 4.67. The number of hydrogen-bond donors (Lipinski definition) is 2. The van der Waals surface area contributed by atoms with Crippen LogP contribution >= 0.6 is 0 Å². The Balaban J connectivity index is 1.64. The normalized spacial score (nSPS) is 13.4. The maximum absolute atomic E-state index is 13.1. The zero-order chi connectivity index (χ0) is 25.3. The average Bonchev–Trinajstić information content (AvgIpc) is 2.85. The van der Waals surface area contributed by atoms with Crippen LogP contribution in [0.15, 0.2) is 48.7 Å². The number of aromatic nitrogens is 2. The molecule has 35 heavy (non-hydrogen) atoms. The second kappa shape index (κ2) is 9.12. The van der Waals surface area contributed by atoms with Crippen molar-refractivity contribution in [2.45, 2.75) is 12.7 Å². The quantitative estimate of drug-likeness (QED) is 0.556. The molecule has 1 aromatic heterocycles. The lowest BCUT2D eigenvalue weighted by Gasteiger charge is -2.34. The van der Waals surface area contributed by atoms with E-state index in [-0.39, 0.29) is 23.8 Å². The fourth-order valence-electron chi connectivity index (χ4n) is 3.60. The Bertz CT molecular complexity index is 1300. The van der Waals surface area contributed by atoms with Gasteiger partial charge >= 0.3 is 12.2 Å². The summed E-state index contributed by atoms with van der Waals surface area (Å²) in [6, 6.07) is 8.38. The van der Waals surface area contributed by atoms with E-state index in [0.29, 0.717) is 28.8 Å². The van der Waals surface area contributed by atoms with Crippen molar-refractivity contribution < 1.29 is 27.5 Å². The predicted octanol–water partition coefficient (Wildman–Crippen LogP) is 4.37. The monoisotopic (exact) mass is 486 g/mol. The molecule has 12 heteroatoms. The van der Waals surface area contributed by atoms with Crippen LogP contribution in [0, 0.1) is 0 Å². The molecular formula is C23H21F3N6O3. The van der Waals surface area contributed by atoms with Crippen LogP contribution < -0.4 is 25.2 Å². The van der Waals surface area contributed by atoms with E-state index in [4.69, 9.17) is 4.74 Å². The van der Waals surface area contributed by atoms with Crippen molar-refractivity contribution in [1.29, 1.82) is 0 Å². The van der Waals surface area contributed by atoms with Crippen LogP contribution in [0.25, 0.3) is 0 Å². The minimum atomic E-state index is -4.58. The molecular weight excluding hydrogens is 465 g/mol. The highest BCUT2D eigenvalue weighted by Crippen LogP contribution is 2.34. The minimum Gasteiger partial charge on any atom is -0.497 e. The Morgan fingerprint density at radius 1 is 1.17 bits per heavy atom. The number of rotatable bonds is 5. The number of amides is 3. The van der Waals surface area contributed by atoms with Crippen LogP contribution in [0.1, 0.15) is 21.5 Å². The van der Waals surface area contributed by atoms with E-state index in [0.717, 1.165) is 18.2 Å². The second-order valence-electron chi connectivity index (χ2n) is 7.67. The van der Waals surface area contributed by atoms with Gasteiger partial charge in [-0.2, -0.15) is 18.2 Å². The molecule has 1 aliphatic rings. The van der Waals surface area contributed by atoms with E-state index < -0.39 is 17.6 Å². The molecule has 0 saturated heterocycles. The third kappa shape index (κ3) is 4.81. The summed E-state index contributed by atoms with van der Waals surface area (Å²) in [5, 5.41) is 5.41. The van der Waals surface area contributed by atoms with Gasteiger partial charge in [0, 0.05) is 49.2 Å². The molecule has 3 amide bonds. The number of fused-ring (bicyclic) bond motifs is 1. The van der Waals surface area contributed by atoms with Crippen molar-refractivity contribution in [2.75, 3.05) is 41.6 Å². The lowest BCUT2D eigenvalue weighted by atomic mass is 10.1. The molecule has 0 fully saturated rings. The standard InChI is InChI=1S/C23H21F3N6O3/c1-27-21-28-11-14-12-32(22(34)31(2)19(14)30-21)17-8-16(9-18(10-17)35-3)29-20(33)13-5-4-6-15(7-13)23(24,25)26/h4-11H,12H2,1-3H3,(H,29,33)(H,27,28,30). The zero-order valence-electron chi connectivity index (χ0n) is 19.0. The number of ether oxygens (including phenoxy) is 1. The van der Waals surface area contributed by atoms with E-state index in [1.807, 2.05) is 0 Å². The van der Waals surface area contributed by atoms with E-state index in [2.05, 4.69) is 20.6 Å². The number of nitrogens with zero attached hydrogens (tertiary/aromatic N) is 4. The Morgan fingerprint density at radius 3 is 2.63 bits per heavy atom. The number of anilines is 4. The van der Waals surface area contributed by atoms with Gasteiger partial charge in [0.2, 0.25) is 5.95 Å². The zero-order valence-corrected chi connectivity index (χ0v) is 19.0. The molecule has 0 bridgehead atoms. The van der Waals surface area contributed by atoms with Crippen LogP contribution in [0.4, 0.5) is 41.1 Å². The maximum atomic E-state index is 13.1. The summed E-state index contributed by atoms with van der Waals surface area (Å²) >= 11 is 0. The highest BCUT2D eigenvalue weighted by Gasteiger charge is 2.32. The highest BCUT2D eigenvalue weighted by molar-refractivity contribution is 6.07. The number of methoxy groups -OCH3 is 1. The first kappa shape index (κ1) is 23.8. The van der Waals surface area contributed by atoms with E-state index >= 15 is 0 Å². The summed E-state index contributed by atoms with van der Waals surface area (Å²) in [6.07, 6.45) is -2.96. The molecule has 0 atom stereocenters. The van der Waals surface area contributed by atoms with Crippen LogP contribution in [0.2, 0.25) is 0 Å². The Morgan fingerprint density at radius 2 is 1.94 bits per heavy atom. The predicted molar refractivity (Wildman–Crippen MR) is 124 cm³/mol. The molecule has 3 aromatic rings. The second-order valence-corrected chi connectivity index (χ2v) is 7.67. The Labute approximate surface area is 198 Å². The van der Waals surface area contributed by atoms with Gasteiger partial charge in [0.15, 0.2) is 0 Å². The summed E-state index contributed by atoms with van der Waals surface area (Å²) in [6.45, 7) is 0.163. The Hall–Kier alpha value is -4.35. The number of hydrogen-bond acceptors (Lipinski definition) is 6. The molecule has 9 nitrogen and oxygen atoms in total. The fraction of sp³-hybridized carbons (Fsp3) is 0.217. The summed E-state index contributed by atoms with van der Waals surface area (Å²) in [4.78, 5) is 37.2. The molecule has 2 N–H and O–H groups in total. The van der Waals surface area contributed by atoms with E-state index in [9.17, 15) is 22.8 Å². The van der Waals surface area contributed by atoms with Gasteiger partial charge in [-0.25, -0.2) is 9.78 Å². The van der Waals surface area contributed by atoms with Crippen molar-refractivity contribution in [3.63, 3.8) is 0 Å². The van der Waals surface area contributed by atoms with Gasteiger partial charge in [-0.05, 0) is 24.3 Å². The average molecular weight is 486 g/mol. The number of alkyl halides is 3. The number of benzene rings is 2. The number of halogens is 3. The molecule has 4 rings (SSSR count). The van der Waals surface area contributed by atoms with Gasteiger partial charge < -0.3 is 15.4 Å². The van der Waals surface area contributed by atoms with Gasteiger partial charge in [-0.15, -0.1) is 0 Å². The first-order valence-electron chi connectivity index (χ1n) is 10.4. The maximum Gasteiger partial charge on any atom is 0.416 e. The first-order valence-corrected chi connectivity index (χ1v) is 10.4. The van der Waals surface area contributed by atoms with E-state index in [1.54, 1.807) is 26.4 Å². The number of urea groups is 1. The van der Waals surface area contributed by atoms with Crippen LogP contribution in [-0.4, -0.2) is 43.1 Å². The fourth-order valence-corrected chi connectivity index (χ4v) is 3.60. The van der Waals surface area contributed by atoms with Crippen molar-refractivity contribution in [3.05, 3.63) is 65.4 Å². The van der Waals surface area contributed by atoms with Gasteiger partial charge in [0.1, 0.15) is 11.6 Å². The third-order valence-corrected chi connectivity index (χ3v) is 5.38. The van der Waals surface area contributed by atoms with Crippen molar-refractivity contribution >= 4 is 35.1 Å². The topological polar surface area (TPSA) is 99.7 Å². The molecule has 0 spiro atoms. The highest BCUT2D eigenvalue weighted by atomic mass is 19.4. The SMILES string of the molecule is CNc1ncc2c(n1)N(C)C(=O)N(c1cc(NC(=O)c3cccc(C(F)(F)F)c3)cc(OC)c1)C2. The van der Waals surface area contributed by atoms with Gasteiger partial charge in [-0.1, -0.05) is 6.07 Å². The largest absolute Gasteiger partial charge is 0.497 e. The number of carbonyl (C=O) groups excluding carboxylic acids is 2. The Kier molecular flexibility index (Phi) is 6.20. The number of carbonyl (C=O) groups is 2. The molecule has 1 aliphatic heterocycles. The number of nitrogens with one attached hydrogen (secondary N) is 2. The van der Waals surface area contributed by atoms with E-state index in [1.165, 1.54) is 35.1 Å². The molecule has 0 unspecified atom stereocenters. The van der Waals surface area contributed by atoms with Gasteiger partial charge in [-0.3, -0.25) is 14.6 Å². The van der Waals surface area contributed by atoms with Gasteiger partial charge in [0.25, 0.3) is 5.91 Å². The smallest absolute Gasteiger partial charge is 0.416 e. The van der Waals surface area contributed by atoms with Crippen LogP contribution in [0.5, 0.6) is 5.75 Å². The first-order chi connectivity index (χ1) is 16.6. The van der Waals surface area contributed by atoms with Gasteiger partial charge in [0.05, 0.1) is 24.9 Å². The van der Waals surface area contributed by atoms with Crippen molar-refractivity contribution in [2.24, 2.45) is 0 Å². The molecule has 2 heterocycles. The lowest BCUT2D eigenvalue weighted by Crippen LogP contribution is -2.46. The van der Waals surface area contributed by atoms with Crippen LogP contribution in [0.3, 0.4) is 0 Å². The van der Waals surface area contributed by atoms with Crippen molar-refractivity contribution in [1.82, 2.24) is 9.97 Å². The minimum absolute atomic E-state index is 0.163.